The Morgan fingerprint density at radius 1 is 1.20 bits per heavy atom. The van der Waals surface area contributed by atoms with Gasteiger partial charge in [-0.1, -0.05) is 24.6 Å². The van der Waals surface area contributed by atoms with Crippen molar-refractivity contribution in [3.8, 4) is 0 Å². The number of aliphatic hydroxyl groups excluding tert-OH is 1. The zero-order chi connectivity index (χ0) is 28.8. The number of fused-ring (bicyclic) bond motifs is 7. The number of ether oxygens (including phenoxy) is 1. The van der Waals surface area contributed by atoms with Crippen molar-refractivity contribution < 1.29 is 37.8 Å². The van der Waals surface area contributed by atoms with Crippen molar-refractivity contribution in [1.82, 2.24) is 0 Å². The first-order valence-corrected chi connectivity index (χ1v) is 14.0. The average molecular weight is 576 g/mol. The van der Waals surface area contributed by atoms with Crippen LogP contribution in [0.15, 0.2) is 48.1 Å². The normalized spacial score (nSPS) is 43.4. The molecule has 0 radical (unpaired) electrons. The summed E-state index contributed by atoms with van der Waals surface area (Å²) in [5.41, 5.74) is -5.73. The molecule has 1 aromatic rings. The van der Waals surface area contributed by atoms with Gasteiger partial charge in [0.1, 0.15) is 6.17 Å². The summed E-state index contributed by atoms with van der Waals surface area (Å²) in [7, 11) is 0. The highest BCUT2D eigenvalue weighted by atomic mass is 35.5. The Morgan fingerprint density at radius 3 is 2.58 bits per heavy atom. The van der Waals surface area contributed by atoms with E-state index in [2.05, 4.69) is 0 Å². The van der Waals surface area contributed by atoms with Crippen molar-refractivity contribution in [1.29, 1.82) is 0 Å². The Balaban J connectivity index is 1.44. The van der Waals surface area contributed by atoms with Gasteiger partial charge in [0.25, 0.3) is 0 Å². The minimum absolute atomic E-state index is 0.0467. The Bertz CT molecular complexity index is 1350. The molecule has 4 aliphatic carbocycles. The summed E-state index contributed by atoms with van der Waals surface area (Å²) in [6, 6.07) is 6.92. The molecule has 1 saturated heterocycles. The number of esters is 1. The van der Waals surface area contributed by atoms with Gasteiger partial charge in [0.2, 0.25) is 5.78 Å². The molecule has 0 bridgehead atoms. The fourth-order valence-electron chi connectivity index (χ4n) is 8.78. The Hall–Kier alpha value is -2.62. The summed E-state index contributed by atoms with van der Waals surface area (Å²) in [5, 5.41) is 13.8. The van der Waals surface area contributed by atoms with Gasteiger partial charge in [-0.05, 0) is 74.1 Å². The lowest BCUT2D eigenvalue weighted by atomic mass is 9.44. The molecule has 7 nitrogen and oxygen atoms in total. The van der Waals surface area contributed by atoms with E-state index in [4.69, 9.17) is 21.2 Å². The quantitative estimate of drug-likeness (QED) is 0.528. The monoisotopic (exact) mass is 575 g/mol. The molecule has 0 aromatic heterocycles. The summed E-state index contributed by atoms with van der Waals surface area (Å²) >= 11 is 6.07. The minimum Gasteiger partial charge on any atom is -0.458 e. The standard InChI is InChI=1S/C30H32ClF2NO6/c1-16(35)39-15-26(38)30-17(14-34(40-30)19-6-4-18(31)5-7-19)10-21-22-12-24(32)23-11-20(36)8-9-27(23,2)29(22,33)25(37)13-28(21,30)3/h4-9,11,17,21-22,24-25,37H,10,12-15H2,1-3H3/t17-,21-,22-,24-,25-,27-,28-,29-,30-/m0/s1. The number of nitrogens with zero attached hydrogens (tertiary/aromatic N) is 1. The van der Waals surface area contributed by atoms with Crippen LogP contribution in [0.4, 0.5) is 14.5 Å². The molecule has 0 unspecified atom stereocenters. The van der Waals surface area contributed by atoms with Gasteiger partial charge in [0, 0.05) is 34.6 Å². The summed E-state index contributed by atoms with van der Waals surface area (Å²) in [4.78, 5) is 44.3. The first kappa shape index (κ1) is 27.5. The van der Waals surface area contributed by atoms with Crippen molar-refractivity contribution in [3.63, 3.8) is 0 Å². The van der Waals surface area contributed by atoms with Crippen LogP contribution in [0.2, 0.25) is 5.02 Å². The first-order chi connectivity index (χ1) is 18.8. The number of allylic oxidation sites excluding steroid dienone is 4. The SMILES string of the molecule is CC(=O)OCC(=O)[C@@]12ON(c3ccc(Cl)cc3)C[C@@H]1C[C@H]1[C@@H]3C[C@H](F)C4=CC(=O)C=C[C@]4(C)[C@@]3(F)[C@@H](O)C[C@@]12C. The van der Waals surface area contributed by atoms with Gasteiger partial charge in [0.15, 0.2) is 23.7 Å². The van der Waals surface area contributed by atoms with Crippen molar-refractivity contribution in [2.24, 2.45) is 28.6 Å². The van der Waals surface area contributed by atoms with E-state index in [-0.39, 0.29) is 25.0 Å². The maximum absolute atomic E-state index is 17.5. The lowest BCUT2D eigenvalue weighted by molar-refractivity contribution is -0.228. The Morgan fingerprint density at radius 2 is 1.90 bits per heavy atom. The van der Waals surface area contributed by atoms with Crippen LogP contribution in [0.5, 0.6) is 0 Å². The highest BCUT2D eigenvalue weighted by Crippen LogP contribution is 2.72. The van der Waals surface area contributed by atoms with Crippen molar-refractivity contribution >= 4 is 34.8 Å². The number of ketones is 2. The van der Waals surface area contributed by atoms with E-state index in [1.54, 1.807) is 43.2 Å². The number of halogens is 3. The molecule has 3 saturated carbocycles. The number of Topliss-reactive ketones (excluding diaryl/α,β-unsaturated/α-hetero) is 1. The van der Waals surface area contributed by atoms with Crippen LogP contribution in [-0.4, -0.2) is 59.3 Å². The highest BCUT2D eigenvalue weighted by molar-refractivity contribution is 6.30. The van der Waals surface area contributed by atoms with Crippen LogP contribution in [0.1, 0.15) is 40.0 Å². The minimum atomic E-state index is -2.27. The number of carbonyl (C=O) groups excluding carboxylic acids is 3. The number of alkyl halides is 2. The average Bonchev–Trinajstić information content (AvgIpc) is 3.39. The number of benzene rings is 1. The van der Waals surface area contributed by atoms with E-state index in [0.717, 1.165) is 6.08 Å². The van der Waals surface area contributed by atoms with Crippen molar-refractivity contribution in [2.45, 2.75) is 63.6 Å². The largest absolute Gasteiger partial charge is 0.458 e. The second-order valence-electron chi connectivity index (χ2n) is 12.4. The van der Waals surface area contributed by atoms with E-state index < -0.39 is 76.3 Å². The van der Waals surface area contributed by atoms with Gasteiger partial charge in [-0.15, -0.1) is 0 Å². The molecule has 1 aromatic carbocycles. The third kappa shape index (κ3) is 3.43. The number of aliphatic hydroxyl groups is 1. The van der Waals surface area contributed by atoms with Gasteiger partial charge in [-0.2, -0.15) is 0 Å². The molecule has 10 heteroatoms. The van der Waals surface area contributed by atoms with E-state index in [0.29, 0.717) is 17.1 Å². The number of hydroxylamine groups is 1. The molecule has 0 amide bonds. The Labute approximate surface area is 236 Å². The molecule has 9 atom stereocenters. The number of hydrogen-bond acceptors (Lipinski definition) is 7. The second kappa shape index (κ2) is 8.94. The number of anilines is 1. The maximum atomic E-state index is 17.5. The van der Waals surface area contributed by atoms with Crippen LogP contribution in [0.3, 0.4) is 0 Å². The summed E-state index contributed by atoms with van der Waals surface area (Å²) < 4.78 is 38.4. The number of hydrogen-bond donors (Lipinski definition) is 1. The van der Waals surface area contributed by atoms with Crippen LogP contribution < -0.4 is 5.06 Å². The fourth-order valence-corrected chi connectivity index (χ4v) is 8.91. The smallest absolute Gasteiger partial charge is 0.303 e. The Kier molecular flexibility index (Phi) is 6.15. The molecule has 1 heterocycles. The summed E-state index contributed by atoms with van der Waals surface area (Å²) in [6.07, 6.45) is 0.613. The first-order valence-electron chi connectivity index (χ1n) is 13.6. The molecule has 0 spiro atoms. The molecule has 40 heavy (non-hydrogen) atoms. The predicted molar refractivity (Wildman–Crippen MR) is 142 cm³/mol. The second-order valence-corrected chi connectivity index (χ2v) is 12.8. The lowest BCUT2D eigenvalue weighted by Gasteiger charge is -2.63. The molecular weight excluding hydrogens is 544 g/mol. The maximum Gasteiger partial charge on any atom is 0.303 e. The van der Waals surface area contributed by atoms with Crippen molar-refractivity contribution in [3.05, 3.63) is 53.1 Å². The van der Waals surface area contributed by atoms with Gasteiger partial charge < -0.3 is 9.84 Å². The topological polar surface area (TPSA) is 93.1 Å². The predicted octanol–water partition coefficient (Wildman–Crippen LogP) is 4.51. The van der Waals surface area contributed by atoms with Crippen molar-refractivity contribution in [2.75, 3.05) is 18.2 Å². The van der Waals surface area contributed by atoms with Crippen LogP contribution in [-0.2, 0) is 24.0 Å². The van der Waals surface area contributed by atoms with Crippen LogP contribution in [0.25, 0.3) is 0 Å². The molecular formula is C30H32ClF2NO6. The fraction of sp³-hybridized carbons (Fsp3) is 0.567. The zero-order valence-electron chi connectivity index (χ0n) is 22.5. The van der Waals surface area contributed by atoms with E-state index in [1.165, 1.54) is 19.1 Å². The van der Waals surface area contributed by atoms with Gasteiger partial charge >= 0.3 is 5.97 Å². The highest BCUT2D eigenvalue weighted by Gasteiger charge is 2.79. The summed E-state index contributed by atoms with van der Waals surface area (Å²) in [6.45, 7) is 4.31. The zero-order valence-corrected chi connectivity index (χ0v) is 23.3. The van der Waals surface area contributed by atoms with Crippen LogP contribution in [0, 0.1) is 28.6 Å². The third-order valence-corrected chi connectivity index (χ3v) is 10.8. The molecule has 214 valence electrons. The van der Waals surface area contributed by atoms with Crippen LogP contribution >= 0.6 is 11.6 Å². The molecule has 5 aliphatic rings. The van der Waals surface area contributed by atoms with E-state index >= 15 is 8.78 Å². The van der Waals surface area contributed by atoms with E-state index in [9.17, 15) is 19.5 Å². The van der Waals surface area contributed by atoms with E-state index in [1.807, 2.05) is 0 Å². The number of carbonyl (C=O) groups is 3. The van der Waals surface area contributed by atoms with Gasteiger partial charge in [-0.25, -0.2) is 8.78 Å². The molecule has 1 N–H and O–H groups in total. The molecule has 1 aliphatic heterocycles. The molecule has 4 fully saturated rings. The number of rotatable bonds is 4. The van der Waals surface area contributed by atoms with Gasteiger partial charge in [0.05, 0.1) is 18.3 Å². The third-order valence-electron chi connectivity index (χ3n) is 10.6. The molecule has 6 rings (SSSR count). The van der Waals surface area contributed by atoms with Gasteiger partial charge in [-0.3, -0.25) is 24.3 Å². The summed E-state index contributed by atoms with van der Waals surface area (Å²) in [5.74, 6) is -3.43. The lowest BCUT2D eigenvalue weighted by Crippen LogP contribution is -2.70.